The molecule has 0 aromatic heterocycles. The summed E-state index contributed by atoms with van der Waals surface area (Å²) in [5, 5.41) is 9.80. The average Bonchev–Trinajstić information content (AvgIpc) is 2.49. The van der Waals surface area contributed by atoms with Crippen molar-refractivity contribution in [1.82, 2.24) is 0 Å². The maximum absolute atomic E-state index is 11.5. The van der Waals surface area contributed by atoms with E-state index in [1.807, 2.05) is 0 Å². The molecule has 0 aromatic carbocycles. The molecule has 0 saturated heterocycles. The van der Waals surface area contributed by atoms with Gasteiger partial charge in [0.1, 0.15) is 0 Å². The first-order chi connectivity index (χ1) is 8.49. The molecule has 2 nitrogen and oxygen atoms in total. The van der Waals surface area contributed by atoms with Gasteiger partial charge >= 0.3 is 0 Å². The van der Waals surface area contributed by atoms with Crippen molar-refractivity contribution >= 4 is 5.78 Å². The van der Waals surface area contributed by atoms with E-state index in [-0.39, 0.29) is 17.0 Å². The minimum Gasteiger partial charge on any atom is -0.504 e. The summed E-state index contributed by atoms with van der Waals surface area (Å²) < 4.78 is 0. The molecule has 1 N–H and O–H groups in total. The summed E-state index contributed by atoms with van der Waals surface area (Å²) in [6.45, 7) is 6.35. The number of ketones is 1. The summed E-state index contributed by atoms with van der Waals surface area (Å²) in [5.74, 6) is -0.0103. The van der Waals surface area contributed by atoms with Crippen molar-refractivity contribution in [3.63, 3.8) is 0 Å². The van der Waals surface area contributed by atoms with E-state index in [2.05, 4.69) is 20.8 Å². The Morgan fingerprint density at radius 3 is 2.11 bits per heavy atom. The van der Waals surface area contributed by atoms with Gasteiger partial charge in [0.2, 0.25) is 0 Å². The van der Waals surface area contributed by atoms with Crippen LogP contribution in [0.4, 0.5) is 0 Å². The van der Waals surface area contributed by atoms with Crippen LogP contribution in [0.15, 0.2) is 11.3 Å². The second-order valence-corrected chi connectivity index (χ2v) is 6.18. The molecular weight excluding hydrogens is 224 g/mol. The van der Waals surface area contributed by atoms with Gasteiger partial charge in [0.15, 0.2) is 11.5 Å². The monoisotopic (exact) mass is 252 g/mol. The molecule has 2 heteroatoms. The van der Waals surface area contributed by atoms with Crippen LogP contribution in [0.25, 0.3) is 0 Å². The van der Waals surface area contributed by atoms with E-state index in [0.29, 0.717) is 6.42 Å². The van der Waals surface area contributed by atoms with Crippen molar-refractivity contribution in [3.8, 4) is 0 Å². The second kappa shape index (κ2) is 6.96. The maximum Gasteiger partial charge on any atom is 0.197 e. The molecule has 0 fully saturated rings. The summed E-state index contributed by atoms with van der Waals surface area (Å²) in [6, 6.07) is 0. The molecule has 0 aliphatic heterocycles. The van der Waals surface area contributed by atoms with Gasteiger partial charge in [0.25, 0.3) is 0 Å². The normalized spacial score (nSPS) is 18.7. The Hall–Kier alpha value is -0.790. The molecule has 0 radical (unpaired) electrons. The first kappa shape index (κ1) is 15.3. The predicted octanol–water partition coefficient (Wildman–Crippen LogP) is 4.94. The highest BCUT2D eigenvalue weighted by Gasteiger charge is 2.37. The Morgan fingerprint density at radius 2 is 1.61 bits per heavy atom. The SMILES string of the molecule is CCCCCCCCCC1=C(O)C(=O)CC1(C)C. The third-order valence-corrected chi connectivity index (χ3v) is 4.00. The number of hydrogen-bond donors (Lipinski definition) is 1. The number of hydrogen-bond acceptors (Lipinski definition) is 2. The second-order valence-electron chi connectivity index (χ2n) is 6.18. The molecule has 1 rings (SSSR count). The van der Waals surface area contributed by atoms with Gasteiger partial charge in [-0.2, -0.15) is 0 Å². The smallest absolute Gasteiger partial charge is 0.197 e. The zero-order valence-electron chi connectivity index (χ0n) is 12.2. The molecule has 0 saturated carbocycles. The van der Waals surface area contributed by atoms with E-state index >= 15 is 0 Å². The minimum atomic E-state index is -0.122. The predicted molar refractivity (Wildman–Crippen MR) is 75.7 cm³/mol. The lowest BCUT2D eigenvalue weighted by atomic mass is 9.83. The van der Waals surface area contributed by atoms with Crippen molar-refractivity contribution in [1.29, 1.82) is 0 Å². The van der Waals surface area contributed by atoms with E-state index in [9.17, 15) is 9.90 Å². The van der Waals surface area contributed by atoms with Crippen LogP contribution in [0.3, 0.4) is 0 Å². The fraction of sp³-hybridized carbons (Fsp3) is 0.812. The first-order valence-corrected chi connectivity index (χ1v) is 7.45. The summed E-state index contributed by atoms with van der Waals surface area (Å²) in [4.78, 5) is 11.5. The number of aliphatic hydroxyl groups excluding tert-OH is 1. The lowest BCUT2D eigenvalue weighted by Gasteiger charge is -2.20. The van der Waals surface area contributed by atoms with Crippen LogP contribution < -0.4 is 0 Å². The Morgan fingerprint density at radius 1 is 1.06 bits per heavy atom. The van der Waals surface area contributed by atoms with Crippen molar-refractivity contribution in [2.75, 3.05) is 0 Å². The Bertz CT molecular complexity index is 313. The zero-order valence-corrected chi connectivity index (χ0v) is 12.2. The highest BCUT2D eigenvalue weighted by atomic mass is 16.3. The van der Waals surface area contributed by atoms with Gasteiger partial charge in [-0.1, -0.05) is 59.3 Å². The van der Waals surface area contributed by atoms with Gasteiger partial charge in [-0.3, -0.25) is 4.79 Å². The maximum atomic E-state index is 11.5. The van der Waals surface area contributed by atoms with Gasteiger partial charge in [0.05, 0.1) is 0 Å². The van der Waals surface area contributed by atoms with Crippen LogP contribution in [0, 0.1) is 5.41 Å². The van der Waals surface area contributed by atoms with Gasteiger partial charge < -0.3 is 5.11 Å². The molecule has 104 valence electrons. The highest BCUT2D eigenvalue weighted by molar-refractivity contribution is 5.97. The van der Waals surface area contributed by atoms with Crippen LogP contribution in [0.2, 0.25) is 0 Å². The molecule has 1 aliphatic carbocycles. The highest BCUT2D eigenvalue weighted by Crippen LogP contribution is 2.41. The lowest BCUT2D eigenvalue weighted by molar-refractivity contribution is -0.117. The van der Waals surface area contributed by atoms with E-state index in [1.54, 1.807) is 0 Å². The summed E-state index contributed by atoms with van der Waals surface area (Å²) in [7, 11) is 0. The van der Waals surface area contributed by atoms with E-state index in [1.165, 1.54) is 38.5 Å². The number of allylic oxidation sites excluding steroid dienone is 2. The van der Waals surface area contributed by atoms with Crippen molar-refractivity contribution < 1.29 is 9.90 Å². The zero-order chi connectivity index (χ0) is 13.6. The van der Waals surface area contributed by atoms with E-state index in [4.69, 9.17) is 0 Å². The number of unbranched alkanes of at least 4 members (excludes halogenated alkanes) is 6. The lowest BCUT2D eigenvalue weighted by Crippen LogP contribution is -2.11. The summed E-state index contributed by atoms with van der Waals surface area (Å²) in [5.41, 5.74) is 0.865. The van der Waals surface area contributed by atoms with Crippen molar-refractivity contribution in [3.05, 3.63) is 11.3 Å². The number of carbonyl (C=O) groups excluding carboxylic acids is 1. The largest absolute Gasteiger partial charge is 0.504 e. The third-order valence-electron chi connectivity index (χ3n) is 4.00. The molecule has 0 amide bonds. The molecule has 0 atom stereocenters. The Balaban J connectivity index is 2.25. The molecule has 0 heterocycles. The molecule has 0 unspecified atom stereocenters. The number of rotatable bonds is 8. The first-order valence-electron chi connectivity index (χ1n) is 7.45. The van der Waals surface area contributed by atoms with E-state index < -0.39 is 0 Å². The number of carbonyl (C=O) groups is 1. The van der Waals surface area contributed by atoms with Gasteiger partial charge in [0, 0.05) is 6.42 Å². The van der Waals surface area contributed by atoms with Gasteiger partial charge in [-0.25, -0.2) is 0 Å². The average molecular weight is 252 g/mol. The minimum absolute atomic E-state index is 0.0611. The van der Waals surface area contributed by atoms with Gasteiger partial charge in [-0.05, 0) is 23.8 Å². The fourth-order valence-corrected chi connectivity index (χ4v) is 2.80. The van der Waals surface area contributed by atoms with Crippen molar-refractivity contribution in [2.24, 2.45) is 5.41 Å². The molecular formula is C16H28O2. The van der Waals surface area contributed by atoms with Crippen LogP contribution in [-0.2, 0) is 4.79 Å². The number of aliphatic hydroxyl groups is 1. The summed E-state index contributed by atoms with van der Waals surface area (Å²) >= 11 is 0. The van der Waals surface area contributed by atoms with Crippen LogP contribution >= 0.6 is 0 Å². The molecule has 18 heavy (non-hydrogen) atoms. The molecule has 0 aromatic rings. The Kier molecular flexibility index (Phi) is 5.90. The third kappa shape index (κ3) is 4.15. The van der Waals surface area contributed by atoms with Crippen LogP contribution in [0.5, 0.6) is 0 Å². The topological polar surface area (TPSA) is 37.3 Å². The Labute approximate surface area is 111 Å². The summed E-state index contributed by atoms with van der Waals surface area (Å²) in [6.07, 6.45) is 10.2. The van der Waals surface area contributed by atoms with Crippen molar-refractivity contribution in [2.45, 2.75) is 78.6 Å². The van der Waals surface area contributed by atoms with Crippen LogP contribution in [-0.4, -0.2) is 10.9 Å². The fourth-order valence-electron chi connectivity index (χ4n) is 2.80. The standard InChI is InChI=1S/C16H28O2/c1-4-5-6-7-8-9-10-11-13-15(18)14(17)12-16(13,2)3/h18H,4-12H2,1-3H3. The molecule has 0 bridgehead atoms. The van der Waals surface area contributed by atoms with E-state index in [0.717, 1.165) is 18.4 Å². The molecule has 0 spiro atoms. The number of Topliss-reactive ketones (excluding diaryl/α,β-unsaturated/α-hetero) is 1. The van der Waals surface area contributed by atoms with Gasteiger partial charge in [-0.15, -0.1) is 0 Å². The quantitative estimate of drug-likeness (QED) is 0.621. The van der Waals surface area contributed by atoms with Crippen LogP contribution in [0.1, 0.15) is 78.6 Å². The molecule has 1 aliphatic rings.